The van der Waals surface area contributed by atoms with Gasteiger partial charge in [0.05, 0.1) is 10.2 Å². The zero-order valence-corrected chi connectivity index (χ0v) is 11.2. The maximum absolute atomic E-state index is 9.51. The lowest BCUT2D eigenvalue weighted by Crippen LogP contribution is -1.92. The smallest absolute Gasteiger partial charge is 0.230 e. The summed E-state index contributed by atoms with van der Waals surface area (Å²) in [6, 6.07) is 14.5. The lowest BCUT2D eigenvalue weighted by Gasteiger charge is -2.02. The second kappa shape index (κ2) is 5.66. The molecule has 0 saturated carbocycles. The van der Waals surface area contributed by atoms with Crippen LogP contribution in [0.3, 0.4) is 0 Å². The van der Waals surface area contributed by atoms with Crippen LogP contribution in [0.15, 0.2) is 58.8 Å². The molecule has 20 heavy (non-hydrogen) atoms. The number of phenols is 1. The van der Waals surface area contributed by atoms with Crippen molar-refractivity contribution >= 4 is 26.7 Å². The summed E-state index contributed by atoms with van der Waals surface area (Å²) in [5.41, 5.74) is 0.910. The molecule has 3 aromatic rings. The van der Waals surface area contributed by atoms with Gasteiger partial charge in [-0.2, -0.15) is 0 Å². The Morgan fingerprint density at radius 2 is 1.90 bits per heavy atom. The molecular weight excluding hydrogens is 274 g/mol. The molecule has 5 nitrogen and oxygen atoms in total. The molecule has 0 aliphatic rings. The van der Waals surface area contributed by atoms with E-state index >= 15 is 0 Å². The van der Waals surface area contributed by atoms with Gasteiger partial charge in [0, 0.05) is 0 Å². The monoisotopic (exact) mass is 285 g/mol. The minimum absolute atomic E-state index is 0.0352. The highest BCUT2D eigenvalue weighted by molar-refractivity contribution is 7.21. The third-order valence-electron chi connectivity index (χ3n) is 2.58. The van der Waals surface area contributed by atoms with Gasteiger partial charge in [0.25, 0.3) is 0 Å². The van der Waals surface area contributed by atoms with E-state index in [-0.39, 0.29) is 12.5 Å². The highest BCUT2D eigenvalue weighted by atomic mass is 32.1. The SMILES string of the molecule is Oc1ccccc1OCN=Nc1nc2ccccc2s1. The Morgan fingerprint density at radius 3 is 2.75 bits per heavy atom. The first-order valence-corrected chi connectivity index (χ1v) is 6.78. The molecule has 3 rings (SSSR count). The van der Waals surface area contributed by atoms with Crippen molar-refractivity contribution in [3.63, 3.8) is 0 Å². The largest absolute Gasteiger partial charge is 0.504 e. The Morgan fingerprint density at radius 1 is 1.10 bits per heavy atom. The molecule has 0 unspecified atom stereocenters. The molecule has 0 bridgehead atoms. The highest BCUT2D eigenvalue weighted by Crippen LogP contribution is 2.28. The van der Waals surface area contributed by atoms with Crippen LogP contribution in [-0.4, -0.2) is 16.8 Å². The maximum atomic E-state index is 9.51. The van der Waals surface area contributed by atoms with E-state index in [0.717, 1.165) is 10.2 Å². The predicted octanol–water partition coefficient (Wildman–Crippen LogP) is 4.12. The van der Waals surface area contributed by atoms with E-state index in [9.17, 15) is 5.11 Å². The number of fused-ring (bicyclic) bond motifs is 1. The van der Waals surface area contributed by atoms with Crippen molar-refractivity contribution in [3.05, 3.63) is 48.5 Å². The van der Waals surface area contributed by atoms with Crippen LogP contribution in [0, 0.1) is 0 Å². The summed E-state index contributed by atoms with van der Waals surface area (Å²) in [5, 5.41) is 18.0. The Kier molecular flexibility index (Phi) is 3.56. The molecule has 1 heterocycles. The zero-order valence-electron chi connectivity index (χ0n) is 10.4. The molecule has 0 radical (unpaired) electrons. The number of nitrogens with zero attached hydrogens (tertiary/aromatic N) is 3. The number of thiazole rings is 1. The molecule has 0 amide bonds. The Balaban J connectivity index is 1.64. The summed E-state index contributed by atoms with van der Waals surface area (Å²) in [6.07, 6.45) is 0. The van der Waals surface area contributed by atoms with Crippen molar-refractivity contribution in [2.24, 2.45) is 10.2 Å². The molecule has 6 heteroatoms. The van der Waals surface area contributed by atoms with Crippen LogP contribution >= 0.6 is 11.3 Å². The molecule has 0 spiro atoms. The number of ether oxygens (including phenoxy) is 1. The maximum Gasteiger partial charge on any atom is 0.230 e. The molecule has 0 saturated heterocycles. The highest BCUT2D eigenvalue weighted by Gasteiger charge is 2.01. The molecular formula is C14H11N3O2S. The molecule has 0 aliphatic carbocycles. The van der Waals surface area contributed by atoms with Crippen molar-refractivity contribution in [1.82, 2.24) is 4.98 Å². The average molecular weight is 285 g/mol. The summed E-state index contributed by atoms with van der Waals surface area (Å²) in [6.45, 7) is 0.0352. The summed E-state index contributed by atoms with van der Waals surface area (Å²) < 4.78 is 6.37. The molecule has 0 fully saturated rings. The van der Waals surface area contributed by atoms with Gasteiger partial charge in [-0.15, -0.1) is 10.2 Å². The van der Waals surface area contributed by atoms with Crippen LogP contribution in [0.1, 0.15) is 0 Å². The van der Waals surface area contributed by atoms with Gasteiger partial charge in [-0.25, -0.2) is 4.98 Å². The summed E-state index contributed by atoms with van der Waals surface area (Å²) in [5.74, 6) is 0.471. The van der Waals surface area contributed by atoms with E-state index in [1.807, 2.05) is 24.3 Å². The minimum Gasteiger partial charge on any atom is -0.504 e. The van der Waals surface area contributed by atoms with Gasteiger partial charge in [0.15, 0.2) is 18.2 Å². The fourth-order valence-electron chi connectivity index (χ4n) is 1.67. The first-order chi connectivity index (χ1) is 9.83. The second-order valence-electron chi connectivity index (χ2n) is 3.95. The number of hydrogen-bond acceptors (Lipinski definition) is 6. The number of hydrogen-bond donors (Lipinski definition) is 1. The van der Waals surface area contributed by atoms with Crippen LogP contribution in [0.2, 0.25) is 0 Å². The first kappa shape index (κ1) is 12.6. The number of benzene rings is 2. The summed E-state index contributed by atoms with van der Waals surface area (Å²) in [4.78, 5) is 4.33. The Labute approximate surface area is 119 Å². The number of azo groups is 1. The lowest BCUT2D eigenvalue weighted by atomic mass is 10.3. The van der Waals surface area contributed by atoms with Gasteiger partial charge >= 0.3 is 0 Å². The van der Waals surface area contributed by atoms with Crippen LogP contribution in [-0.2, 0) is 0 Å². The van der Waals surface area contributed by atoms with Gasteiger partial charge in [0.2, 0.25) is 5.13 Å². The van der Waals surface area contributed by atoms with Crippen molar-refractivity contribution in [1.29, 1.82) is 0 Å². The first-order valence-electron chi connectivity index (χ1n) is 5.97. The molecule has 1 N–H and O–H groups in total. The number of rotatable bonds is 4. The van der Waals surface area contributed by atoms with Crippen molar-refractivity contribution < 1.29 is 9.84 Å². The van der Waals surface area contributed by atoms with E-state index in [2.05, 4.69) is 15.2 Å². The molecule has 2 aromatic carbocycles. The van der Waals surface area contributed by atoms with Crippen LogP contribution < -0.4 is 4.74 Å². The topological polar surface area (TPSA) is 67.1 Å². The van der Waals surface area contributed by atoms with Gasteiger partial charge in [-0.3, -0.25) is 0 Å². The molecule has 0 aliphatic heterocycles. The van der Waals surface area contributed by atoms with Crippen LogP contribution in [0.4, 0.5) is 5.13 Å². The van der Waals surface area contributed by atoms with E-state index in [1.165, 1.54) is 11.3 Å². The number of aromatic hydroxyl groups is 1. The molecule has 0 atom stereocenters. The summed E-state index contributed by atoms with van der Waals surface area (Å²) >= 11 is 1.47. The van der Waals surface area contributed by atoms with Crippen LogP contribution in [0.25, 0.3) is 10.2 Å². The quantitative estimate of drug-likeness (QED) is 0.733. The number of phenolic OH excluding ortho intramolecular Hbond substituents is 1. The van der Waals surface area contributed by atoms with Gasteiger partial charge < -0.3 is 9.84 Å². The van der Waals surface area contributed by atoms with Gasteiger partial charge in [0.1, 0.15) is 0 Å². The predicted molar refractivity (Wildman–Crippen MR) is 77.7 cm³/mol. The minimum atomic E-state index is 0.0352. The summed E-state index contributed by atoms with van der Waals surface area (Å²) in [7, 11) is 0. The van der Waals surface area contributed by atoms with Crippen LogP contribution in [0.5, 0.6) is 11.5 Å². The van der Waals surface area contributed by atoms with Crippen molar-refractivity contribution in [2.45, 2.75) is 0 Å². The molecule has 100 valence electrons. The number of para-hydroxylation sites is 3. The zero-order chi connectivity index (χ0) is 13.8. The molecule has 1 aromatic heterocycles. The third-order valence-corrected chi connectivity index (χ3v) is 3.50. The third kappa shape index (κ3) is 2.75. The van der Waals surface area contributed by atoms with Crippen molar-refractivity contribution in [3.8, 4) is 11.5 Å². The van der Waals surface area contributed by atoms with E-state index in [4.69, 9.17) is 4.74 Å². The average Bonchev–Trinajstić information content (AvgIpc) is 2.88. The van der Waals surface area contributed by atoms with E-state index in [1.54, 1.807) is 24.3 Å². The Hall–Kier alpha value is -2.47. The van der Waals surface area contributed by atoms with Gasteiger partial charge in [-0.05, 0) is 24.3 Å². The normalized spacial score (nSPS) is 11.2. The fraction of sp³-hybridized carbons (Fsp3) is 0.0714. The fourth-order valence-corrected chi connectivity index (χ4v) is 2.47. The van der Waals surface area contributed by atoms with Crippen molar-refractivity contribution in [2.75, 3.05) is 6.73 Å². The Bertz CT molecular complexity index is 722. The lowest BCUT2D eigenvalue weighted by molar-refractivity contribution is 0.304. The van der Waals surface area contributed by atoms with E-state index in [0.29, 0.717) is 10.9 Å². The van der Waals surface area contributed by atoms with E-state index < -0.39 is 0 Å². The number of aromatic nitrogens is 1. The second-order valence-corrected chi connectivity index (χ2v) is 4.96. The van der Waals surface area contributed by atoms with Gasteiger partial charge in [-0.1, -0.05) is 35.6 Å². The standard InChI is InChI=1S/C14H11N3O2S/c18-11-6-2-3-7-12(11)19-9-15-17-14-16-10-5-1-4-8-13(10)20-14/h1-8,18H,9H2.